The number of nitrogens with zero attached hydrogens (tertiary/aromatic N) is 1. The third-order valence-electron chi connectivity index (χ3n) is 4.55. The van der Waals surface area contributed by atoms with Crippen molar-refractivity contribution in [2.24, 2.45) is 5.41 Å². The minimum Gasteiger partial charge on any atom is -0.489 e. The van der Waals surface area contributed by atoms with E-state index in [2.05, 4.69) is 11.4 Å². The standard InChI is InChI=1S/C20H20N2O2/c21-15-20(11-6-12-20)19(23)22-13-16-7-4-5-8-17(16)14-24-18-9-2-1-3-10-18/h1-5,7-10H,6,11-14H2,(H,22,23). The summed E-state index contributed by atoms with van der Waals surface area (Å²) in [7, 11) is 0. The average molecular weight is 320 g/mol. The molecule has 1 amide bonds. The molecule has 4 nitrogen and oxygen atoms in total. The highest BCUT2D eigenvalue weighted by molar-refractivity contribution is 5.86. The van der Waals surface area contributed by atoms with E-state index < -0.39 is 5.41 Å². The van der Waals surface area contributed by atoms with Crippen LogP contribution in [0.1, 0.15) is 30.4 Å². The van der Waals surface area contributed by atoms with Crippen LogP contribution < -0.4 is 10.1 Å². The molecule has 122 valence electrons. The van der Waals surface area contributed by atoms with Crippen molar-refractivity contribution in [2.45, 2.75) is 32.4 Å². The quantitative estimate of drug-likeness (QED) is 0.885. The molecule has 0 spiro atoms. The van der Waals surface area contributed by atoms with Gasteiger partial charge >= 0.3 is 0 Å². The maximum Gasteiger partial charge on any atom is 0.240 e. The predicted octanol–water partition coefficient (Wildman–Crippen LogP) is 3.58. The maximum absolute atomic E-state index is 12.3. The Hall–Kier alpha value is -2.80. The number of nitriles is 1. The first-order chi connectivity index (χ1) is 11.7. The van der Waals surface area contributed by atoms with Crippen molar-refractivity contribution in [1.29, 1.82) is 5.26 Å². The molecule has 1 saturated carbocycles. The Bertz CT molecular complexity index is 746. The molecule has 1 fully saturated rings. The fraction of sp³-hybridized carbons (Fsp3) is 0.300. The number of carbonyl (C=O) groups excluding carboxylic acids is 1. The second kappa shape index (κ2) is 7.18. The Balaban J connectivity index is 1.62. The monoisotopic (exact) mass is 320 g/mol. The van der Waals surface area contributed by atoms with Gasteiger partial charge in [0.2, 0.25) is 5.91 Å². The lowest BCUT2D eigenvalue weighted by Crippen LogP contribution is -2.44. The van der Waals surface area contributed by atoms with Crippen LogP contribution in [0.3, 0.4) is 0 Å². The van der Waals surface area contributed by atoms with Gasteiger partial charge in [-0.05, 0) is 42.5 Å². The van der Waals surface area contributed by atoms with E-state index in [1.807, 2.05) is 54.6 Å². The van der Waals surface area contributed by atoms with Crippen molar-refractivity contribution >= 4 is 5.91 Å². The summed E-state index contributed by atoms with van der Waals surface area (Å²) in [5.41, 5.74) is 1.23. The van der Waals surface area contributed by atoms with Gasteiger partial charge in [0, 0.05) is 6.54 Å². The highest BCUT2D eigenvalue weighted by atomic mass is 16.5. The summed E-state index contributed by atoms with van der Waals surface area (Å²) in [4.78, 5) is 12.3. The van der Waals surface area contributed by atoms with Crippen molar-refractivity contribution < 1.29 is 9.53 Å². The topological polar surface area (TPSA) is 62.1 Å². The molecule has 4 heteroatoms. The van der Waals surface area contributed by atoms with Crippen LogP contribution in [-0.2, 0) is 17.9 Å². The van der Waals surface area contributed by atoms with Gasteiger partial charge in [0.25, 0.3) is 0 Å². The molecule has 0 saturated heterocycles. The van der Waals surface area contributed by atoms with E-state index in [1.165, 1.54) is 0 Å². The van der Waals surface area contributed by atoms with Gasteiger partial charge in [0.1, 0.15) is 17.8 Å². The van der Waals surface area contributed by atoms with Gasteiger partial charge in [-0.25, -0.2) is 0 Å². The lowest BCUT2D eigenvalue weighted by atomic mass is 9.69. The van der Waals surface area contributed by atoms with Gasteiger partial charge in [0.15, 0.2) is 0 Å². The van der Waals surface area contributed by atoms with Crippen LogP contribution in [0.25, 0.3) is 0 Å². The minimum atomic E-state index is -0.810. The number of nitrogens with one attached hydrogen (secondary N) is 1. The Morgan fingerprint density at radius 3 is 2.38 bits per heavy atom. The van der Waals surface area contributed by atoms with Crippen LogP contribution in [0.15, 0.2) is 54.6 Å². The maximum atomic E-state index is 12.3. The fourth-order valence-corrected chi connectivity index (χ4v) is 2.81. The molecule has 0 aromatic heterocycles. The van der Waals surface area contributed by atoms with Crippen LogP contribution in [-0.4, -0.2) is 5.91 Å². The van der Waals surface area contributed by atoms with Crippen molar-refractivity contribution in [3.8, 4) is 11.8 Å². The third kappa shape index (κ3) is 3.41. The first kappa shape index (κ1) is 16.1. The van der Waals surface area contributed by atoms with Crippen molar-refractivity contribution in [2.75, 3.05) is 0 Å². The van der Waals surface area contributed by atoms with Crippen molar-refractivity contribution in [3.63, 3.8) is 0 Å². The molecule has 0 radical (unpaired) electrons. The number of para-hydroxylation sites is 1. The Labute approximate surface area is 142 Å². The number of amides is 1. The van der Waals surface area contributed by atoms with E-state index >= 15 is 0 Å². The molecule has 0 aliphatic heterocycles. The fourth-order valence-electron chi connectivity index (χ4n) is 2.81. The van der Waals surface area contributed by atoms with Crippen molar-refractivity contribution in [1.82, 2.24) is 5.32 Å². The molecule has 0 bridgehead atoms. The Morgan fingerprint density at radius 2 is 1.75 bits per heavy atom. The molecule has 24 heavy (non-hydrogen) atoms. The number of ether oxygens (including phenoxy) is 1. The summed E-state index contributed by atoms with van der Waals surface area (Å²) in [6.45, 7) is 0.857. The van der Waals surface area contributed by atoms with Gasteiger partial charge in [-0.3, -0.25) is 4.79 Å². The SMILES string of the molecule is N#CC1(C(=O)NCc2ccccc2COc2ccccc2)CCC1. The van der Waals surface area contributed by atoms with Crippen LogP contribution >= 0.6 is 0 Å². The van der Waals surface area contributed by atoms with E-state index in [1.54, 1.807) is 0 Å². The summed E-state index contributed by atoms with van der Waals surface area (Å²) in [5, 5.41) is 12.2. The number of benzene rings is 2. The van der Waals surface area contributed by atoms with Gasteiger partial charge in [-0.2, -0.15) is 5.26 Å². The van der Waals surface area contributed by atoms with Gasteiger partial charge in [-0.1, -0.05) is 42.5 Å². The second-order valence-electron chi connectivity index (χ2n) is 6.10. The molecule has 3 rings (SSSR count). The summed E-state index contributed by atoms with van der Waals surface area (Å²) in [6, 6.07) is 19.7. The zero-order valence-corrected chi connectivity index (χ0v) is 13.5. The minimum absolute atomic E-state index is 0.157. The van der Waals surface area contributed by atoms with E-state index in [0.717, 1.165) is 23.3 Å². The van der Waals surface area contributed by atoms with Crippen LogP contribution in [0.2, 0.25) is 0 Å². The molecular weight excluding hydrogens is 300 g/mol. The molecule has 2 aromatic carbocycles. The van der Waals surface area contributed by atoms with Crippen LogP contribution in [0.4, 0.5) is 0 Å². The van der Waals surface area contributed by atoms with Crippen molar-refractivity contribution in [3.05, 3.63) is 65.7 Å². The number of rotatable bonds is 6. The number of hydrogen-bond donors (Lipinski definition) is 1. The van der Waals surface area contributed by atoms with Gasteiger partial charge in [-0.15, -0.1) is 0 Å². The predicted molar refractivity (Wildman–Crippen MR) is 91.0 cm³/mol. The molecule has 2 aromatic rings. The zero-order chi connectivity index (χ0) is 16.8. The Kier molecular flexibility index (Phi) is 4.81. The molecule has 0 unspecified atom stereocenters. The summed E-state index contributed by atoms with van der Waals surface area (Å²) in [5.74, 6) is 0.657. The smallest absolute Gasteiger partial charge is 0.240 e. The van der Waals surface area contributed by atoms with Crippen LogP contribution in [0, 0.1) is 16.7 Å². The third-order valence-corrected chi connectivity index (χ3v) is 4.55. The highest BCUT2D eigenvalue weighted by Crippen LogP contribution is 2.40. The number of hydrogen-bond acceptors (Lipinski definition) is 3. The zero-order valence-electron chi connectivity index (χ0n) is 13.5. The molecular formula is C20H20N2O2. The normalized spacial score (nSPS) is 15.0. The molecule has 1 N–H and O–H groups in total. The van der Waals surface area contributed by atoms with Gasteiger partial charge in [0.05, 0.1) is 6.07 Å². The van der Waals surface area contributed by atoms with E-state index in [-0.39, 0.29) is 5.91 Å². The highest BCUT2D eigenvalue weighted by Gasteiger charge is 2.44. The largest absolute Gasteiger partial charge is 0.489 e. The van der Waals surface area contributed by atoms with E-state index in [9.17, 15) is 10.1 Å². The average Bonchev–Trinajstić information content (AvgIpc) is 2.59. The summed E-state index contributed by atoms with van der Waals surface area (Å²) >= 11 is 0. The molecule has 1 aliphatic carbocycles. The first-order valence-corrected chi connectivity index (χ1v) is 8.18. The Morgan fingerprint density at radius 1 is 1.08 bits per heavy atom. The molecule has 1 aliphatic rings. The summed E-state index contributed by atoms with van der Waals surface area (Å²) in [6.07, 6.45) is 2.27. The van der Waals surface area contributed by atoms with Gasteiger partial charge < -0.3 is 10.1 Å². The number of carbonyl (C=O) groups is 1. The molecule has 0 heterocycles. The van der Waals surface area contributed by atoms with E-state index in [0.29, 0.717) is 26.0 Å². The first-order valence-electron chi connectivity index (χ1n) is 8.18. The van der Waals surface area contributed by atoms with E-state index in [4.69, 9.17) is 4.74 Å². The molecule has 0 atom stereocenters. The van der Waals surface area contributed by atoms with Crippen LogP contribution in [0.5, 0.6) is 5.75 Å². The summed E-state index contributed by atoms with van der Waals surface area (Å²) < 4.78 is 5.80. The lowest BCUT2D eigenvalue weighted by Gasteiger charge is -2.33. The lowest BCUT2D eigenvalue weighted by molar-refractivity contribution is -0.131. The second-order valence-corrected chi connectivity index (χ2v) is 6.10.